The highest BCUT2D eigenvalue weighted by Gasteiger charge is 2.32. The molecule has 2 heterocycles. The molecule has 1 saturated heterocycles. The normalized spacial score (nSPS) is 21.1. The number of amides is 2. The molecule has 7 nitrogen and oxygen atoms in total. The van der Waals surface area contributed by atoms with Crippen LogP contribution >= 0.6 is 0 Å². The molecule has 0 saturated carbocycles. The molecule has 0 aromatic carbocycles. The van der Waals surface area contributed by atoms with Crippen LogP contribution in [-0.2, 0) is 16.4 Å². The second-order valence-electron chi connectivity index (χ2n) is 6.57. The van der Waals surface area contributed by atoms with Crippen molar-refractivity contribution in [2.45, 2.75) is 39.8 Å². The number of sulfone groups is 1. The first kappa shape index (κ1) is 17.8. The van der Waals surface area contributed by atoms with E-state index >= 15 is 0 Å². The number of urea groups is 1. The van der Waals surface area contributed by atoms with Gasteiger partial charge in [-0.25, -0.2) is 13.2 Å². The van der Waals surface area contributed by atoms with E-state index in [-0.39, 0.29) is 29.5 Å². The Hall–Kier alpha value is -1.57. The predicted molar refractivity (Wildman–Crippen MR) is 89.1 cm³/mol. The summed E-state index contributed by atoms with van der Waals surface area (Å²) in [5, 5.41) is 7.30. The number of nitrogens with one attached hydrogen (secondary N) is 1. The van der Waals surface area contributed by atoms with E-state index in [4.69, 9.17) is 0 Å². The second kappa shape index (κ2) is 6.90. The lowest BCUT2D eigenvalue weighted by atomic mass is 10.2. The SMILES string of the molecule is Cc1cc(C)n(C[C@H](C)CNC(=O)N(C)[C@H]2CCS(=O)(=O)C2)n1. The zero-order valence-electron chi connectivity index (χ0n) is 14.2. The number of carbonyl (C=O) groups is 1. The van der Waals surface area contributed by atoms with Gasteiger partial charge < -0.3 is 10.2 Å². The average molecular weight is 342 g/mol. The molecule has 1 aliphatic heterocycles. The van der Waals surface area contributed by atoms with E-state index in [9.17, 15) is 13.2 Å². The van der Waals surface area contributed by atoms with E-state index in [1.54, 1.807) is 7.05 Å². The largest absolute Gasteiger partial charge is 0.338 e. The molecule has 1 fully saturated rings. The van der Waals surface area contributed by atoms with Crippen molar-refractivity contribution in [2.24, 2.45) is 5.92 Å². The van der Waals surface area contributed by atoms with Gasteiger partial charge in [-0.15, -0.1) is 0 Å². The number of aryl methyl sites for hydroxylation is 2. The summed E-state index contributed by atoms with van der Waals surface area (Å²) in [6.45, 7) is 7.29. The minimum Gasteiger partial charge on any atom is -0.338 e. The van der Waals surface area contributed by atoms with Gasteiger partial charge in [0.1, 0.15) is 0 Å². The monoisotopic (exact) mass is 342 g/mol. The maximum absolute atomic E-state index is 12.2. The summed E-state index contributed by atoms with van der Waals surface area (Å²) >= 11 is 0. The quantitative estimate of drug-likeness (QED) is 0.864. The Balaban J connectivity index is 1.80. The predicted octanol–water partition coefficient (Wildman–Crippen LogP) is 0.965. The molecular formula is C15H26N4O3S. The zero-order chi connectivity index (χ0) is 17.2. The van der Waals surface area contributed by atoms with Gasteiger partial charge in [-0.1, -0.05) is 6.92 Å². The zero-order valence-corrected chi connectivity index (χ0v) is 15.1. The minimum atomic E-state index is -2.98. The topological polar surface area (TPSA) is 84.3 Å². The third kappa shape index (κ3) is 4.70. The number of aromatic nitrogens is 2. The molecule has 2 rings (SSSR count). The molecule has 2 amide bonds. The molecule has 0 aliphatic carbocycles. The Morgan fingerprint density at radius 1 is 1.52 bits per heavy atom. The van der Waals surface area contributed by atoms with Crippen LogP contribution in [0.4, 0.5) is 4.79 Å². The van der Waals surface area contributed by atoms with Crippen molar-refractivity contribution >= 4 is 15.9 Å². The molecule has 1 aliphatic rings. The van der Waals surface area contributed by atoms with Crippen LogP contribution in [0.5, 0.6) is 0 Å². The highest BCUT2D eigenvalue weighted by atomic mass is 32.2. The maximum Gasteiger partial charge on any atom is 0.317 e. The first-order valence-electron chi connectivity index (χ1n) is 7.90. The number of carbonyl (C=O) groups excluding carboxylic acids is 1. The fourth-order valence-corrected chi connectivity index (χ4v) is 4.63. The third-order valence-corrected chi connectivity index (χ3v) is 6.02. The lowest BCUT2D eigenvalue weighted by Crippen LogP contribution is -2.45. The first-order chi connectivity index (χ1) is 10.7. The molecule has 0 spiro atoms. The number of hydrogen-bond donors (Lipinski definition) is 1. The van der Waals surface area contributed by atoms with E-state index in [1.807, 2.05) is 24.6 Å². The number of nitrogens with zero attached hydrogens (tertiary/aromatic N) is 3. The maximum atomic E-state index is 12.2. The Morgan fingerprint density at radius 3 is 2.74 bits per heavy atom. The van der Waals surface area contributed by atoms with E-state index in [0.29, 0.717) is 13.0 Å². The van der Waals surface area contributed by atoms with Gasteiger partial charge >= 0.3 is 6.03 Å². The van der Waals surface area contributed by atoms with Gasteiger partial charge in [-0.2, -0.15) is 5.10 Å². The molecule has 0 unspecified atom stereocenters. The van der Waals surface area contributed by atoms with Gasteiger partial charge in [0, 0.05) is 31.9 Å². The molecule has 130 valence electrons. The summed E-state index contributed by atoms with van der Waals surface area (Å²) in [6.07, 6.45) is 0.521. The fourth-order valence-electron chi connectivity index (χ4n) is 2.85. The minimum absolute atomic E-state index is 0.0677. The van der Waals surface area contributed by atoms with Crippen LogP contribution in [0.15, 0.2) is 6.07 Å². The van der Waals surface area contributed by atoms with Crippen LogP contribution in [0.1, 0.15) is 24.7 Å². The van der Waals surface area contributed by atoms with Crippen LogP contribution < -0.4 is 5.32 Å². The summed E-state index contributed by atoms with van der Waals surface area (Å²) in [4.78, 5) is 13.7. The summed E-state index contributed by atoms with van der Waals surface area (Å²) in [5.74, 6) is 0.472. The third-order valence-electron chi connectivity index (χ3n) is 4.27. The Kier molecular flexibility index (Phi) is 5.33. The Morgan fingerprint density at radius 2 is 2.22 bits per heavy atom. The number of hydrogen-bond acceptors (Lipinski definition) is 4. The van der Waals surface area contributed by atoms with Crippen molar-refractivity contribution in [3.05, 3.63) is 17.5 Å². The molecule has 0 bridgehead atoms. The van der Waals surface area contributed by atoms with Crippen LogP contribution in [0, 0.1) is 19.8 Å². The van der Waals surface area contributed by atoms with Crippen LogP contribution in [0.2, 0.25) is 0 Å². The second-order valence-corrected chi connectivity index (χ2v) is 8.80. The molecule has 23 heavy (non-hydrogen) atoms. The number of rotatable bonds is 5. The fraction of sp³-hybridized carbons (Fsp3) is 0.733. The standard InChI is InChI=1S/C15H26N4O3S/c1-11(9-19-13(3)7-12(2)17-19)8-16-15(20)18(4)14-5-6-23(21,22)10-14/h7,11,14H,5-6,8-10H2,1-4H3,(H,16,20)/t11-,14+/m1/s1. The lowest BCUT2D eigenvalue weighted by molar-refractivity contribution is 0.193. The molecule has 2 atom stereocenters. The van der Waals surface area contributed by atoms with Crippen molar-refractivity contribution in [2.75, 3.05) is 25.1 Å². The van der Waals surface area contributed by atoms with E-state index in [0.717, 1.165) is 17.9 Å². The van der Waals surface area contributed by atoms with Gasteiger partial charge in [0.2, 0.25) is 0 Å². The molecular weight excluding hydrogens is 316 g/mol. The van der Waals surface area contributed by atoms with E-state index in [2.05, 4.69) is 17.3 Å². The Labute approximate surface area is 138 Å². The highest BCUT2D eigenvalue weighted by molar-refractivity contribution is 7.91. The van der Waals surface area contributed by atoms with E-state index < -0.39 is 9.84 Å². The van der Waals surface area contributed by atoms with Crippen LogP contribution in [0.3, 0.4) is 0 Å². The van der Waals surface area contributed by atoms with E-state index in [1.165, 1.54) is 4.90 Å². The molecule has 8 heteroatoms. The lowest BCUT2D eigenvalue weighted by Gasteiger charge is -2.24. The first-order valence-corrected chi connectivity index (χ1v) is 9.72. The van der Waals surface area contributed by atoms with Gasteiger partial charge in [-0.3, -0.25) is 4.68 Å². The van der Waals surface area contributed by atoms with Crippen LogP contribution in [0.25, 0.3) is 0 Å². The van der Waals surface area contributed by atoms with Crippen molar-refractivity contribution in [1.82, 2.24) is 20.0 Å². The molecule has 1 aromatic rings. The summed E-state index contributed by atoms with van der Waals surface area (Å²) in [6, 6.07) is 1.60. The van der Waals surface area contributed by atoms with Crippen molar-refractivity contribution in [3.8, 4) is 0 Å². The van der Waals surface area contributed by atoms with Crippen molar-refractivity contribution in [3.63, 3.8) is 0 Å². The summed E-state index contributed by atoms with van der Waals surface area (Å²) < 4.78 is 25.0. The highest BCUT2D eigenvalue weighted by Crippen LogP contribution is 2.16. The van der Waals surface area contributed by atoms with Gasteiger partial charge in [0.05, 0.1) is 17.2 Å². The van der Waals surface area contributed by atoms with Gasteiger partial charge in [-0.05, 0) is 32.3 Å². The van der Waals surface area contributed by atoms with Crippen molar-refractivity contribution in [1.29, 1.82) is 0 Å². The Bertz CT molecular complexity index is 668. The smallest absolute Gasteiger partial charge is 0.317 e. The summed E-state index contributed by atoms with van der Waals surface area (Å²) in [7, 11) is -1.32. The molecule has 1 N–H and O–H groups in total. The van der Waals surface area contributed by atoms with Gasteiger partial charge in [0.25, 0.3) is 0 Å². The molecule has 1 aromatic heterocycles. The molecule has 0 radical (unpaired) electrons. The van der Waals surface area contributed by atoms with Crippen LogP contribution in [-0.4, -0.2) is 60.3 Å². The van der Waals surface area contributed by atoms with Crippen molar-refractivity contribution < 1.29 is 13.2 Å². The van der Waals surface area contributed by atoms with Gasteiger partial charge in [0.15, 0.2) is 9.84 Å². The average Bonchev–Trinajstić information content (AvgIpc) is 2.97. The summed E-state index contributed by atoms with van der Waals surface area (Å²) in [5.41, 5.74) is 2.09.